The molecule has 0 unspecified atom stereocenters. The molecule has 1 heterocycles. The van der Waals surface area contributed by atoms with Gasteiger partial charge in [-0.1, -0.05) is 218 Å². The van der Waals surface area contributed by atoms with Crippen LogP contribution in [0, 0.1) is 0 Å². The van der Waals surface area contributed by atoms with E-state index in [1.807, 2.05) is 0 Å². The average Bonchev–Trinajstić information content (AvgIpc) is 3.34. The van der Waals surface area contributed by atoms with Gasteiger partial charge in [0, 0.05) is 16.7 Å². The van der Waals surface area contributed by atoms with E-state index in [0.717, 1.165) is 50.3 Å². The summed E-state index contributed by atoms with van der Waals surface area (Å²) in [5.41, 5.74) is 14.3. The number of aromatic nitrogens is 2. The average molecular weight is 763 g/mol. The van der Waals surface area contributed by atoms with Gasteiger partial charge in [0.15, 0.2) is 5.82 Å². The van der Waals surface area contributed by atoms with Gasteiger partial charge >= 0.3 is 0 Å². The molecule has 0 bridgehead atoms. The van der Waals surface area contributed by atoms with Gasteiger partial charge in [-0.2, -0.15) is 0 Å². The number of benzene rings is 10. The van der Waals surface area contributed by atoms with Crippen LogP contribution in [0.25, 0.3) is 111 Å². The van der Waals surface area contributed by atoms with Crippen molar-refractivity contribution >= 4 is 32.3 Å². The molecule has 0 aliphatic rings. The topological polar surface area (TPSA) is 25.8 Å². The van der Waals surface area contributed by atoms with Gasteiger partial charge in [0.2, 0.25) is 0 Å². The van der Waals surface area contributed by atoms with Crippen molar-refractivity contribution in [1.29, 1.82) is 0 Å². The van der Waals surface area contributed by atoms with Crippen molar-refractivity contribution in [2.24, 2.45) is 0 Å². The van der Waals surface area contributed by atoms with Gasteiger partial charge in [-0.05, 0) is 89.0 Å². The van der Waals surface area contributed by atoms with E-state index in [0.29, 0.717) is 5.82 Å². The van der Waals surface area contributed by atoms with Crippen molar-refractivity contribution in [3.8, 4) is 78.4 Å². The first-order valence-corrected chi connectivity index (χ1v) is 20.5. The molecule has 2 nitrogen and oxygen atoms in total. The maximum absolute atomic E-state index is 5.31. The quantitative estimate of drug-likeness (QED) is 0.119. The maximum Gasteiger partial charge on any atom is 0.160 e. The Morgan fingerprint density at radius 1 is 0.233 bits per heavy atom. The molecule has 0 saturated carbocycles. The summed E-state index contributed by atoms with van der Waals surface area (Å²) in [5, 5.41) is 7.49. The predicted octanol–water partition coefficient (Wildman–Crippen LogP) is 15.6. The van der Waals surface area contributed by atoms with Gasteiger partial charge in [-0.25, -0.2) is 9.97 Å². The van der Waals surface area contributed by atoms with Crippen LogP contribution in [0.1, 0.15) is 0 Å². The zero-order chi connectivity index (χ0) is 39.8. The third kappa shape index (κ3) is 6.51. The lowest BCUT2D eigenvalue weighted by Gasteiger charge is -2.15. The molecule has 0 saturated heterocycles. The maximum atomic E-state index is 5.31. The number of hydrogen-bond acceptors (Lipinski definition) is 2. The molecule has 0 fully saturated rings. The highest BCUT2D eigenvalue weighted by Crippen LogP contribution is 2.41. The van der Waals surface area contributed by atoms with Crippen LogP contribution in [0.4, 0.5) is 0 Å². The van der Waals surface area contributed by atoms with Crippen LogP contribution >= 0.6 is 0 Å². The Labute approximate surface area is 349 Å². The van der Waals surface area contributed by atoms with Crippen LogP contribution in [0.5, 0.6) is 0 Å². The normalized spacial score (nSPS) is 11.3. The molecule has 0 aliphatic carbocycles. The van der Waals surface area contributed by atoms with Gasteiger partial charge in [0.1, 0.15) is 0 Å². The van der Waals surface area contributed by atoms with E-state index in [1.165, 1.54) is 54.6 Å². The summed E-state index contributed by atoms with van der Waals surface area (Å²) in [6, 6.07) is 82.3. The van der Waals surface area contributed by atoms with E-state index in [2.05, 4.69) is 231 Å². The van der Waals surface area contributed by atoms with Crippen molar-refractivity contribution < 1.29 is 0 Å². The minimum Gasteiger partial charge on any atom is -0.228 e. The van der Waals surface area contributed by atoms with E-state index in [9.17, 15) is 0 Å². The molecule has 0 radical (unpaired) electrons. The standard InChI is InChI=1S/C58H38N2/c1-3-13-39(14-4-1)40-23-25-41(26-24-40)42-27-29-45(30-28-42)55-38-56(52-22-12-11-19-49(52)43-15-5-2-6-16-43)60-58(59-55)47-33-31-46(32-34-47)57-51-21-10-8-18-48(51)37-54-50-20-9-7-17-44(50)35-36-53(54)57/h1-38H. The molecule has 0 spiro atoms. The van der Waals surface area contributed by atoms with Crippen LogP contribution in [-0.2, 0) is 0 Å². The Balaban J connectivity index is 1.02. The highest BCUT2D eigenvalue weighted by molar-refractivity contribution is 6.20. The molecule has 10 aromatic carbocycles. The lowest BCUT2D eigenvalue weighted by atomic mass is 9.89. The Bertz CT molecular complexity index is 3320. The zero-order valence-electron chi connectivity index (χ0n) is 32.8. The highest BCUT2D eigenvalue weighted by atomic mass is 14.9. The van der Waals surface area contributed by atoms with Gasteiger partial charge in [-0.15, -0.1) is 0 Å². The third-order valence-corrected chi connectivity index (χ3v) is 11.7. The molecule has 0 atom stereocenters. The van der Waals surface area contributed by atoms with Crippen molar-refractivity contribution in [3.05, 3.63) is 231 Å². The summed E-state index contributed by atoms with van der Waals surface area (Å²) in [4.78, 5) is 10.6. The molecule has 60 heavy (non-hydrogen) atoms. The monoisotopic (exact) mass is 762 g/mol. The fourth-order valence-corrected chi connectivity index (χ4v) is 8.67. The molecule has 1 aromatic heterocycles. The van der Waals surface area contributed by atoms with Crippen molar-refractivity contribution in [1.82, 2.24) is 9.97 Å². The fraction of sp³-hybridized carbons (Fsp3) is 0. The lowest BCUT2D eigenvalue weighted by molar-refractivity contribution is 1.18. The molecule has 0 N–H and O–H groups in total. The first kappa shape index (κ1) is 35.2. The fourth-order valence-electron chi connectivity index (χ4n) is 8.67. The van der Waals surface area contributed by atoms with Crippen molar-refractivity contribution in [2.45, 2.75) is 0 Å². The first-order chi connectivity index (χ1) is 29.7. The van der Waals surface area contributed by atoms with Crippen molar-refractivity contribution in [3.63, 3.8) is 0 Å². The molecule has 11 aromatic rings. The second kappa shape index (κ2) is 15.1. The van der Waals surface area contributed by atoms with E-state index >= 15 is 0 Å². The molecular weight excluding hydrogens is 725 g/mol. The summed E-state index contributed by atoms with van der Waals surface area (Å²) in [7, 11) is 0. The second-order valence-corrected chi connectivity index (χ2v) is 15.3. The lowest BCUT2D eigenvalue weighted by Crippen LogP contribution is -1.97. The molecule has 2 heteroatoms. The van der Waals surface area contributed by atoms with Gasteiger partial charge in [0.05, 0.1) is 11.4 Å². The Kier molecular flexibility index (Phi) is 8.87. The molecule has 280 valence electrons. The van der Waals surface area contributed by atoms with E-state index in [1.54, 1.807) is 0 Å². The van der Waals surface area contributed by atoms with Gasteiger partial charge < -0.3 is 0 Å². The second-order valence-electron chi connectivity index (χ2n) is 15.3. The number of hydrogen-bond donors (Lipinski definition) is 0. The predicted molar refractivity (Wildman–Crippen MR) is 253 cm³/mol. The summed E-state index contributed by atoms with van der Waals surface area (Å²) in [6.45, 7) is 0. The molecule has 11 rings (SSSR count). The minimum absolute atomic E-state index is 0.686. The van der Waals surface area contributed by atoms with Gasteiger partial charge in [0.25, 0.3) is 0 Å². The smallest absolute Gasteiger partial charge is 0.160 e. The van der Waals surface area contributed by atoms with Crippen LogP contribution in [-0.4, -0.2) is 9.97 Å². The SMILES string of the molecule is c1ccc(-c2ccc(-c3ccc(-c4cc(-c5ccccc5-c5ccccc5)nc(-c5ccc(-c6c7ccccc7cc7c6ccc6ccccc67)cc5)n4)cc3)cc2)cc1. The van der Waals surface area contributed by atoms with E-state index in [-0.39, 0.29) is 0 Å². The van der Waals surface area contributed by atoms with Crippen LogP contribution in [0.2, 0.25) is 0 Å². The third-order valence-electron chi connectivity index (χ3n) is 11.7. The Morgan fingerprint density at radius 3 is 1.40 bits per heavy atom. The van der Waals surface area contributed by atoms with Crippen LogP contribution in [0.15, 0.2) is 231 Å². The van der Waals surface area contributed by atoms with Crippen molar-refractivity contribution in [2.75, 3.05) is 0 Å². The summed E-state index contributed by atoms with van der Waals surface area (Å²) < 4.78 is 0. The number of nitrogens with zero attached hydrogens (tertiary/aromatic N) is 2. The van der Waals surface area contributed by atoms with Gasteiger partial charge in [-0.3, -0.25) is 0 Å². The summed E-state index contributed by atoms with van der Waals surface area (Å²) in [6.07, 6.45) is 0. The van der Waals surface area contributed by atoms with E-state index < -0.39 is 0 Å². The van der Waals surface area contributed by atoms with Crippen LogP contribution < -0.4 is 0 Å². The molecular formula is C58H38N2. The zero-order valence-corrected chi connectivity index (χ0v) is 32.8. The minimum atomic E-state index is 0.686. The Morgan fingerprint density at radius 2 is 0.717 bits per heavy atom. The molecule has 0 aliphatic heterocycles. The summed E-state index contributed by atoms with van der Waals surface area (Å²) >= 11 is 0. The largest absolute Gasteiger partial charge is 0.228 e. The number of rotatable bonds is 7. The highest BCUT2D eigenvalue weighted by Gasteiger charge is 2.16. The molecule has 0 amide bonds. The Hall–Kier alpha value is -7.94. The van der Waals surface area contributed by atoms with E-state index in [4.69, 9.17) is 9.97 Å². The number of fused-ring (bicyclic) bond motifs is 4. The summed E-state index contributed by atoms with van der Waals surface area (Å²) in [5.74, 6) is 0.686. The van der Waals surface area contributed by atoms with Crippen LogP contribution in [0.3, 0.4) is 0 Å². The first-order valence-electron chi connectivity index (χ1n) is 20.5.